The summed E-state index contributed by atoms with van der Waals surface area (Å²) in [5, 5.41) is 0. The number of benzene rings is 1. The molecule has 2 rings (SSSR count). The second-order valence-corrected chi connectivity index (χ2v) is 8.25. The van der Waals surface area contributed by atoms with Gasteiger partial charge >= 0.3 is 0 Å². The van der Waals surface area contributed by atoms with Crippen LogP contribution in [0.15, 0.2) is 52.3 Å². The Morgan fingerprint density at radius 3 is 2.70 bits per heavy atom. The minimum Gasteiger partial charge on any atom is -0.493 e. The highest BCUT2D eigenvalue weighted by Crippen LogP contribution is 2.18. The lowest BCUT2D eigenvalue weighted by atomic mass is 10.3. The molecule has 0 amide bonds. The van der Waals surface area contributed by atoms with E-state index in [0.717, 1.165) is 17.1 Å². The topological polar surface area (TPSA) is 65.4 Å². The molecule has 0 N–H and O–H groups in total. The molecule has 23 heavy (non-hydrogen) atoms. The number of aromatic nitrogens is 1. The molecule has 0 aliphatic rings. The van der Waals surface area contributed by atoms with Gasteiger partial charge in [-0.3, -0.25) is 4.79 Å². The Bertz CT molecular complexity index is 828. The molecule has 1 aromatic carbocycles. The van der Waals surface area contributed by atoms with Crippen LogP contribution in [-0.4, -0.2) is 31.6 Å². The Morgan fingerprint density at radius 1 is 1.22 bits per heavy atom. The molecule has 0 unspecified atom stereocenters. The quantitative estimate of drug-likeness (QED) is 0.713. The summed E-state index contributed by atoms with van der Waals surface area (Å²) in [5.41, 5.74) is 0.967. The van der Waals surface area contributed by atoms with Gasteiger partial charge in [-0.15, -0.1) is 0 Å². The lowest BCUT2D eigenvalue weighted by Crippen LogP contribution is -2.14. The minimum atomic E-state index is -3.22. The van der Waals surface area contributed by atoms with E-state index < -0.39 is 9.84 Å². The predicted molar refractivity (Wildman–Crippen MR) is 92.9 cm³/mol. The molecule has 7 heteroatoms. The monoisotopic (exact) mass is 353 g/mol. The van der Waals surface area contributed by atoms with E-state index in [0.29, 0.717) is 12.4 Å². The van der Waals surface area contributed by atoms with Crippen LogP contribution in [0.25, 0.3) is 0 Å². The highest BCUT2D eigenvalue weighted by atomic mass is 32.2. The van der Waals surface area contributed by atoms with E-state index >= 15 is 0 Å². The highest BCUT2D eigenvalue weighted by molar-refractivity contribution is 7.98. The number of rotatable bonds is 7. The molecule has 1 aromatic heterocycles. The largest absolute Gasteiger partial charge is 0.493 e. The molecule has 0 aliphatic carbocycles. The van der Waals surface area contributed by atoms with Gasteiger partial charge in [0.05, 0.1) is 11.5 Å². The Hall–Kier alpha value is -1.73. The number of hydrogen-bond donors (Lipinski definition) is 0. The lowest BCUT2D eigenvalue weighted by molar-refractivity contribution is 0.343. The van der Waals surface area contributed by atoms with E-state index in [2.05, 4.69) is 0 Å². The number of thioether (sulfide) groups is 1. The Morgan fingerprint density at radius 2 is 2.00 bits per heavy atom. The third kappa shape index (κ3) is 5.44. The summed E-state index contributed by atoms with van der Waals surface area (Å²) < 4.78 is 30.1. The van der Waals surface area contributed by atoms with Gasteiger partial charge in [0.25, 0.3) is 5.56 Å². The van der Waals surface area contributed by atoms with Gasteiger partial charge in [-0.05, 0) is 29.8 Å². The van der Waals surface area contributed by atoms with Crippen molar-refractivity contribution >= 4 is 21.6 Å². The van der Waals surface area contributed by atoms with Gasteiger partial charge in [-0.2, -0.15) is 11.8 Å². The Kier molecular flexibility index (Phi) is 5.90. The van der Waals surface area contributed by atoms with Crippen LogP contribution in [-0.2, 0) is 22.6 Å². The first-order chi connectivity index (χ1) is 10.9. The molecule has 0 bridgehead atoms. The standard InChI is InChI=1S/C16H19NO4S2/c1-17-7-6-13(10-16(17)18)12-22-9-8-21-14-4-3-5-15(11-14)23(2,19)20/h3-7,10-11H,8-9,12H2,1-2H3. The van der Waals surface area contributed by atoms with Crippen LogP contribution < -0.4 is 10.3 Å². The maximum atomic E-state index is 11.5. The second-order valence-electron chi connectivity index (χ2n) is 5.13. The van der Waals surface area contributed by atoms with Crippen LogP contribution in [0.3, 0.4) is 0 Å². The van der Waals surface area contributed by atoms with Crippen molar-refractivity contribution in [3.05, 3.63) is 58.5 Å². The zero-order chi connectivity index (χ0) is 16.9. The highest BCUT2D eigenvalue weighted by Gasteiger charge is 2.07. The zero-order valence-corrected chi connectivity index (χ0v) is 14.7. The van der Waals surface area contributed by atoms with Crippen molar-refractivity contribution in [2.75, 3.05) is 18.6 Å². The van der Waals surface area contributed by atoms with Crippen LogP contribution in [0.2, 0.25) is 0 Å². The predicted octanol–water partition coefficient (Wildman–Crippen LogP) is 2.10. The van der Waals surface area contributed by atoms with Crippen molar-refractivity contribution in [2.24, 2.45) is 7.05 Å². The van der Waals surface area contributed by atoms with E-state index in [1.807, 2.05) is 6.07 Å². The molecular weight excluding hydrogens is 334 g/mol. The fraction of sp³-hybridized carbons (Fsp3) is 0.312. The van der Waals surface area contributed by atoms with Crippen molar-refractivity contribution in [2.45, 2.75) is 10.6 Å². The molecule has 5 nitrogen and oxygen atoms in total. The molecule has 0 spiro atoms. The third-order valence-electron chi connectivity index (χ3n) is 3.17. The molecule has 1 heterocycles. The van der Waals surface area contributed by atoms with Crippen LogP contribution in [0.4, 0.5) is 0 Å². The van der Waals surface area contributed by atoms with Crippen LogP contribution in [0, 0.1) is 0 Å². The fourth-order valence-corrected chi connectivity index (χ4v) is 3.30. The van der Waals surface area contributed by atoms with Crippen molar-refractivity contribution in [3.63, 3.8) is 0 Å². The first-order valence-corrected chi connectivity index (χ1v) is 10.1. The number of aryl methyl sites for hydroxylation is 1. The van der Waals surface area contributed by atoms with Gasteiger partial charge in [-0.25, -0.2) is 8.42 Å². The zero-order valence-electron chi connectivity index (χ0n) is 13.1. The number of pyridine rings is 1. The molecule has 0 atom stereocenters. The van der Waals surface area contributed by atoms with Gasteiger partial charge in [0, 0.05) is 37.1 Å². The van der Waals surface area contributed by atoms with E-state index in [9.17, 15) is 13.2 Å². The Labute approximate surface area is 140 Å². The van der Waals surface area contributed by atoms with Gasteiger partial charge in [0.1, 0.15) is 5.75 Å². The van der Waals surface area contributed by atoms with Crippen molar-refractivity contribution < 1.29 is 13.2 Å². The molecule has 0 fully saturated rings. The number of sulfone groups is 1. The van der Waals surface area contributed by atoms with Crippen LogP contribution in [0.1, 0.15) is 5.56 Å². The smallest absolute Gasteiger partial charge is 0.250 e. The summed E-state index contributed by atoms with van der Waals surface area (Å²) >= 11 is 1.66. The van der Waals surface area contributed by atoms with E-state index in [-0.39, 0.29) is 10.5 Å². The minimum absolute atomic E-state index is 0.0167. The van der Waals surface area contributed by atoms with Crippen molar-refractivity contribution in [1.82, 2.24) is 4.57 Å². The summed E-state index contributed by atoms with van der Waals surface area (Å²) in [5.74, 6) is 2.03. The number of hydrogen-bond acceptors (Lipinski definition) is 5. The van der Waals surface area contributed by atoms with Crippen LogP contribution in [0.5, 0.6) is 5.75 Å². The normalized spacial score (nSPS) is 11.4. The van der Waals surface area contributed by atoms with E-state index in [4.69, 9.17) is 4.74 Å². The SMILES string of the molecule is Cn1ccc(CSCCOc2cccc(S(C)(=O)=O)c2)cc1=O. The number of nitrogens with zero attached hydrogens (tertiary/aromatic N) is 1. The molecule has 0 aliphatic heterocycles. The molecule has 124 valence electrons. The third-order valence-corrected chi connectivity index (χ3v) is 5.27. The average Bonchev–Trinajstić information content (AvgIpc) is 2.50. The number of ether oxygens (including phenoxy) is 1. The second kappa shape index (κ2) is 7.70. The van der Waals surface area contributed by atoms with Crippen molar-refractivity contribution in [1.29, 1.82) is 0 Å². The Balaban J connectivity index is 1.79. The van der Waals surface area contributed by atoms with Crippen LogP contribution >= 0.6 is 11.8 Å². The molecule has 2 aromatic rings. The van der Waals surface area contributed by atoms with E-state index in [1.54, 1.807) is 49.3 Å². The summed E-state index contributed by atoms with van der Waals surface area (Å²) in [6, 6.07) is 10.0. The summed E-state index contributed by atoms with van der Waals surface area (Å²) in [7, 11) is -1.50. The first kappa shape index (κ1) is 17.6. The maximum absolute atomic E-state index is 11.5. The van der Waals surface area contributed by atoms with Gasteiger partial charge in [-0.1, -0.05) is 6.07 Å². The molecule has 0 saturated heterocycles. The molecule has 0 saturated carbocycles. The van der Waals surface area contributed by atoms with Gasteiger partial charge in [0.2, 0.25) is 0 Å². The van der Waals surface area contributed by atoms with Gasteiger partial charge < -0.3 is 9.30 Å². The molecular formula is C16H19NO4S2. The van der Waals surface area contributed by atoms with Gasteiger partial charge in [0.15, 0.2) is 9.84 Å². The average molecular weight is 353 g/mol. The maximum Gasteiger partial charge on any atom is 0.250 e. The lowest BCUT2D eigenvalue weighted by Gasteiger charge is -2.07. The van der Waals surface area contributed by atoms with E-state index in [1.165, 1.54) is 16.9 Å². The summed E-state index contributed by atoms with van der Waals surface area (Å²) in [6.45, 7) is 0.475. The fourth-order valence-electron chi connectivity index (χ4n) is 1.88. The molecule has 0 radical (unpaired) electrons. The summed E-state index contributed by atoms with van der Waals surface area (Å²) in [6.07, 6.45) is 2.93. The first-order valence-electron chi connectivity index (χ1n) is 7.02. The van der Waals surface area contributed by atoms with Crippen molar-refractivity contribution in [3.8, 4) is 5.75 Å². The summed E-state index contributed by atoms with van der Waals surface area (Å²) in [4.78, 5) is 11.8.